The van der Waals surface area contributed by atoms with E-state index in [0.717, 1.165) is 38.5 Å². The average molecular weight is 324 g/mol. The fourth-order valence-corrected chi connectivity index (χ4v) is 3.64. The average Bonchev–Trinajstić information content (AvgIpc) is 2.58. The SMILES string of the molecule is O=C(O)CCC1CCCN(C(=O)CNC(=O)C2CCCCC2)C1. The van der Waals surface area contributed by atoms with Gasteiger partial charge in [-0.05, 0) is 38.0 Å². The largest absolute Gasteiger partial charge is 0.481 e. The van der Waals surface area contributed by atoms with E-state index in [0.29, 0.717) is 19.5 Å². The van der Waals surface area contributed by atoms with Gasteiger partial charge in [0.2, 0.25) is 11.8 Å². The molecule has 6 heteroatoms. The third-order valence-electron chi connectivity index (χ3n) is 5.03. The first-order valence-electron chi connectivity index (χ1n) is 8.83. The first-order chi connectivity index (χ1) is 11.1. The summed E-state index contributed by atoms with van der Waals surface area (Å²) in [6.07, 6.45) is 7.93. The Morgan fingerprint density at radius 1 is 1.04 bits per heavy atom. The Balaban J connectivity index is 1.71. The van der Waals surface area contributed by atoms with Crippen LogP contribution < -0.4 is 5.32 Å². The lowest BCUT2D eigenvalue weighted by Gasteiger charge is -2.33. The van der Waals surface area contributed by atoms with Crippen molar-refractivity contribution in [1.82, 2.24) is 10.2 Å². The van der Waals surface area contributed by atoms with E-state index in [1.165, 1.54) is 6.42 Å². The zero-order valence-corrected chi connectivity index (χ0v) is 13.8. The van der Waals surface area contributed by atoms with Gasteiger partial charge in [-0.2, -0.15) is 0 Å². The van der Waals surface area contributed by atoms with Crippen LogP contribution in [0.4, 0.5) is 0 Å². The van der Waals surface area contributed by atoms with Crippen molar-refractivity contribution in [3.8, 4) is 0 Å². The van der Waals surface area contributed by atoms with Crippen LogP contribution in [0.1, 0.15) is 57.8 Å². The predicted octanol–water partition coefficient (Wildman–Crippen LogP) is 1.79. The number of rotatable bonds is 6. The van der Waals surface area contributed by atoms with Gasteiger partial charge in [-0.1, -0.05) is 19.3 Å². The summed E-state index contributed by atoms with van der Waals surface area (Å²) in [5.74, 6) is -0.487. The Kier molecular flexibility index (Phi) is 6.86. The number of likely N-dealkylation sites (tertiary alicyclic amines) is 1. The Bertz CT molecular complexity index is 432. The van der Waals surface area contributed by atoms with Crippen molar-refractivity contribution < 1.29 is 19.5 Å². The van der Waals surface area contributed by atoms with Crippen LogP contribution >= 0.6 is 0 Å². The Morgan fingerprint density at radius 2 is 1.78 bits per heavy atom. The lowest BCUT2D eigenvalue weighted by atomic mass is 9.89. The van der Waals surface area contributed by atoms with Gasteiger partial charge in [-0.3, -0.25) is 14.4 Å². The van der Waals surface area contributed by atoms with Crippen LogP contribution in [0.5, 0.6) is 0 Å². The highest BCUT2D eigenvalue weighted by atomic mass is 16.4. The summed E-state index contributed by atoms with van der Waals surface area (Å²) in [5, 5.41) is 11.6. The molecule has 0 radical (unpaired) electrons. The van der Waals surface area contributed by atoms with E-state index in [1.54, 1.807) is 4.90 Å². The number of carbonyl (C=O) groups is 3. The van der Waals surface area contributed by atoms with Crippen molar-refractivity contribution in [2.45, 2.75) is 57.8 Å². The summed E-state index contributed by atoms with van der Waals surface area (Å²) in [4.78, 5) is 36.8. The van der Waals surface area contributed by atoms with E-state index in [2.05, 4.69) is 5.32 Å². The molecule has 0 aromatic rings. The van der Waals surface area contributed by atoms with Crippen LogP contribution in [0.15, 0.2) is 0 Å². The molecular formula is C17H28N2O4. The monoisotopic (exact) mass is 324 g/mol. The number of carbonyl (C=O) groups excluding carboxylic acids is 2. The van der Waals surface area contributed by atoms with Crippen LogP contribution in [0.25, 0.3) is 0 Å². The van der Waals surface area contributed by atoms with Gasteiger partial charge in [0, 0.05) is 25.4 Å². The summed E-state index contributed by atoms with van der Waals surface area (Å²) in [6, 6.07) is 0. The van der Waals surface area contributed by atoms with Crippen LogP contribution in [-0.4, -0.2) is 47.4 Å². The van der Waals surface area contributed by atoms with E-state index in [1.807, 2.05) is 0 Å². The van der Waals surface area contributed by atoms with Gasteiger partial charge < -0.3 is 15.3 Å². The molecule has 23 heavy (non-hydrogen) atoms. The summed E-state index contributed by atoms with van der Waals surface area (Å²) >= 11 is 0. The van der Waals surface area contributed by atoms with E-state index in [4.69, 9.17) is 5.11 Å². The number of piperidine rings is 1. The molecule has 6 nitrogen and oxygen atoms in total. The second-order valence-corrected chi connectivity index (χ2v) is 6.83. The maximum absolute atomic E-state index is 12.3. The number of hydrogen-bond acceptors (Lipinski definition) is 3. The molecule has 0 aromatic heterocycles. The predicted molar refractivity (Wildman–Crippen MR) is 85.8 cm³/mol. The topological polar surface area (TPSA) is 86.7 Å². The van der Waals surface area contributed by atoms with Gasteiger partial charge in [0.1, 0.15) is 0 Å². The second kappa shape index (κ2) is 8.89. The van der Waals surface area contributed by atoms with Gasteiger partial charge in [-0.25, -0.2) is 0 Å². The molecule has 1 heterocycles. The first kappa shape index (κ1) is 17.8. The molecule has 1 aliphatic heterocycles. The zero-order valence-electron chi connectivity index (χ0n) is 13.8. The maximum Gasteiger partial charge on any atom is 0.303 e. The highest BCUT2D eigenvalue weighted by Gasteiger charge is 2.25. The Hall–Kier alpha value is -1.59. The molecule has 2 aliphatic rings. The third kappa shape index (κ3) is 5.84. The summed E-state index contributed by atoms with van der Waals surface area (Å²) in [5.41, 5.74) is 0. The van der Waals surface area contributed by atoms with Crippen molar-refractivity contribution in [1.29, 1.82) is 0 Å². The number of hydrogen-bond donors (Lipinski definition) is 2. The number of nitrogens with one attached hydrogen (secondary N) is 1. The van der Waals surface area contributed by atoms with E-state index in [9.17, 15) is 14.4 Å². The molecule has 0 aromatic carbocycles. The minimum Gasteiger partial charge on any atom is -0.481 e. The molecule has 2 fully saturated rings. The minimum atomic E-state index is -0.784. The molecule has 1 saturated heterocycles. The van der Waals surface area contributed by atoms with Gasteiger partial charge in [-0.15, -0.1) is 0 Å². The van der Waals surface area contributed by atoms with Gasteiger partial charge in [0.15, 0.2) is 0 Å². The first-order valence-corrected chi connectivity index (χ1v) is 8.83. The van der Waals surface area contributed by atoms with Crippen molar-refractivity contribution in [2.75, 3.05) is 19.6 Å². The molecule has 0 bridgehead atoms. The van der Waals surface area contributed by atoms with Crippen molar-refractivity contribution >= 4 is 17.8 Å². The quantitative estimate of drug-likeness (QED) is 0.780. The van der Waals surface area contributed by atoms with Crippen molar-refractivity contribution in [2.24, 2.45) is 11.8 Å². The van der Waals surface area contributed by atoms with Crippen LogP contribution in [-0.2, 0) is 14.4 Å². The van der Waals surface area contributed by atoms with E-state index in [-0.39, 0.29) is 36.6 Å². The lowest BCUT2D eigenvalue weighted by molar-refractivity contribution is -0.137. The molecule has 2 amide bonds. The third-order valence-corrected chi connectivity index (χ3v) is 5.03. The molecule has 1 saturated carbocycles. The summed E-state index contributed by atoms with van der Waals surface area (Å²) in [7, 11) is 0. The number of amides is 2. The fraction of sp³-hybridized carbons (Fsp3) is 0.824. The van der Waals surface area contributed by atoms with Gasteiger partial charge >= 0.3 is 5.97 Å². The highest BCUT2D eigenvalue weighted by molar-refractivity contribution is 5.85. The molecular weight excluding hydrogens is 296 g/mol. The zero-order chi connectivity index (χ0) is 16.7. The number of carboxylic acid groups (broad SMARTS) is 1. The smallest absolute Gasteiger partial charge is 0.303 e. The standard InChI is InChI=1S/C17H28N2O4/c20-15(11-18-17(23)14-6-2-1-3-7-14)19-10-4-5-13(12-19)8-9-16(21)22/h13-14H,1-12H2,(H,18,23)(H,21,22). The van der Waals surface area contributed by atoms with Gasteiger partial charge in [0.05, 0.1) is 6.54 Å². The number of carboxylic acids is 1. The van der Waals surface area contributed by atoms with Crippen LogP contribution in [0.3, 0.4) is 0 Å². The summed E-state index contributed by atoms with van der Waals surface area (Å²) < 4.78 is 0. The maximum atomic E-state index is 12.3. The normalized spacial score (nSPS) is 22.6. The fourth-order valence-electron chi connectivity index (χ4n) is 3.64. The minimum absolute atomic E-state index is 0.0116. The Morgan fingerprint density at radius 3 is 2.48 bits per heavy atom. The lowest BCUT2D eigenvalue weighted by Crippen LogP contribution is -2.46. The molecule has 130 valence electrons. The molecule has 1 unspecified atom stereocenters. The molecule has 1 atom stereocenters. The Labute approximate surface area is 137 Å². The van der Waals surface area contributed by atoms with Crippen LogP contribution in [0.2, 0.25) is 0 Å². The number of aliphatic carboxylic acids is 1. The highest BCUT2D eigenvalue weighted by Crippen LogP contribution is 2.24. The number of nitrogens with zero attached hydrogens (tertiary/aromatic N) is 1. The van der Waals surface area contributed by atoms with Crippen molar-refractivity contribution in [3.63, 3.8) is 0 Å². The molecule has 2 rings (SSSR count). The van der Waals surface area contributed by atoms with E-state index >= 15 is 0 Å². The molecule has 0 spiro atoms. The van der Waals surface area contributed by atoms with Gasteiger partial charge in [0.25, 0.3) is 0 Å². The van der Waals surface area contributed by atoms with Crippen LogP contribution in [0, 0.1) is 11.8 Å². The molecule has 2 N–H and O–H groups in total. The second-order valence-electron chi connectivity index (χ2n) is 6.83. The van der Waals surface area contributed by atoms with E-state index < -0.39 is 5.97 Å². The molecule has 1 aliphatic carbocycles. The van der Waals surface area contributed by atoms with Crippen molar-refractivity contribution in [3.05, 3.63) is 0 Å². The summed E-state index contributed by atoms with van der Waals surface area (Å²) in [6.45, 7) is 1.40.